The van der Waals surface area contributed by atoms with E-state index in [-0.39, 0.29) is 11.9 Å². The molecule has 0 saturated carbocycles. The zero-order chi connectivity index (χ0) is 17.8. The van der Waals surface area contributed by atoms with Crippen molar-refractivity contribution in [2.75, 3.05) is 13.1 Å². The van der Waals surface area contributed by atoms with Gasteiger partial charge in [0.1, 0.15) is 0 Å². The van der Waals surface area contributed by atoms with Gasteiger partial charge >= 0.3 is 0 Å². The molecule has 1 aliphatic rings. The monoisotopic (exact) mass is 348 g/mol. The van der Waals surface area contributed by atoms with Gasteiger partial charge in [-0.3, -0.25) is 9.69 Å². The molecule has 2 N–H and O–H groups in total. The van der Waals surface area contributed by atoms with Gasteiger partial charge in [0.15, 0.2) is 0 Å². The molecule has 0 bridgehead atoms. The molecule has 4 rings (SSSR count). The molecular formula is C19H20N6O. The van der Waals surface area contributed by atoms with Crippen LogP contribution in [0.1, 0.15) is 22.3 Å². The van der Waals surface area contributed by atoms with Crippen LogP contribution in [0.25, 0.3) is 11.4 Å². The summed E-state index contributed by atoms with van der Waals surface area (Å²) in [5, 5.41) is 17.0. The van der Waals surface area contributed by atoms with Crippen molar-refractivity contribution in [3.05, 3.63) is 65.7 Å². The minimum Gasteiger partial charge on any atom is -0.348 e. The number of benzene rings is 2. The first-order chi connectivity index (χ1) is 12.8. The normalized spacial score (nSPS) is 17.3. The van der Waals surface area contributed by atoms with E-state index in [0.717, 1.165) is 31.6 Å². The molecule has 0 radical (unpaired) electrons. The molecule has 0 aliphatic carbocycles. The lowest BCUT2D eigenvalue weighted by molar-refractivity contribution is 0.0937. The summed E-state index contributed by atoms with van der Waals surface area (Å²) in [7, 11) is 0. The Morgan fingerprint density at radius 2 is 1.96 bits per heavy atom. The van der Waals surface area contributed by atoms with Crippen molar-refractivity contribution in [2.24, 2.45) is 0 Å². The maximum absolute atomic E-state index is 12.5. The van der Waals surface area contributed by atoms with Crippen molar-refractivity contribution in [1.29, 1.82) is 0 Å². The molecule has 7 nitrogen and oxygen atoms in total. The highest BCUT2D eigenvalue weighted by atomic mass is 16.1. The third-order valence-corrected chi connectivity index (χ3v) is 4.61. The van der Waals surface area contributed by atoms with Gasteiger partial charge in [0, 0.05) is 36.8 Å². The summed E-state index contributed by atoms with van der Waals surface area (Å²) in [5.74, 6) is 0.473. The van der Waals surface area contributed by atoms with Crippen LogP contribution in [0.15, 0.2) is 54.6 Å². The molecule has 1 aromatic heterocycles. The maximum atomic E-state index is 12.5. The maximum Gasteiger partial charge on any atom is 0.251 e. The number of nitrogens with zero attached hydrogens (tertiary/aromatic N) is 4. The fraction of sp³-hybridized carbons (Fsp3) is 0.263. The predicted molar refractivity (Wildman–Crippen MR) is 97.2 cm³/mol. The smallest absolute Gasteiger partial charge is 0.251 e. The molecule has 2 aromatic carbocycles. The van der Waals surface area contributed by atoms with Crippen molar-refractivity contribution >= 4 is 5.91 Å². The number of aromatic amines is 1. The van der Waals surface area contributed by atoms with Gasteiger partial charge in [-0.2, -0.15) is 5.21 Å². The predicted octanol–water partition coefficient (Wildman–Crippen LogP) is 1.87. The summed E-state index contributed by atoms with van der Waals surface area (Å²) in [6.45, 7) is 2.80. The first-order valence-corrected chi connectivity index (χ1v) is 8.69. The van der Waals surface area contributed by atoms with Crippen molar-refractivity contribution in [2.45, 2.75) is 19.0 Å². The molecule has 0 spiro atoms. The van der Waals surface area contributed by atoms with Gasteiger partial charge in [-0.05, 0) is 29.3 Å². The highest BCUT2D eigenvalue weighted by Crippen LogP contribution is 2.16. The number of nitrogens with one attached hydrogen (secondary N) is 2. The molecule has 7 heteroatoms. The third-order valence-electron chi connectivity index (χ3n) is 4.61. The van der Waals surface area contributed by atoms with E-state index in [1.54, 1.807) is 12.1 Å². The Balaban J connectivity index is 1.32. The first-order valence-electron chi connectivity index (χ1n) is 8.69. The highest BCUT2D eigenvalue weighted by molar-refractivity contribution is 5.94. The minimum absolute atomic E-state index is 0.0452. The standard InChI is InChI=1S/C19H20N6O/c26-19(16-8-6-15(7-9-16)18-21-23-24-22-18)20-17-10-11-25(13-17)12-14-4-2-1-3-5-14/h1-9,17H,10-13H2,(H,20,26)(H,21,22,23,24)/t17-/m0/s1. The van der Waals surface area contributed by atoms with Crippen molar-refractivity contribution in [1.82, 2.24) is 30.8 Å². The van der Waals surface area contributed by atoms with Crippen LogP contribution in [0.5, 0.6) is 0 Å². The van der Waals surface area contributed by atoms with Crippen LogP contribution in [0.3, 0.4) is 0 Å². The summed E-state index contributed by atoms with van der Waals surface area (Å²) in [6.07, 6.45) is 0.972. The van der Waals surface area contributed by atoms with E-state index in [1.165, 1.54) is 5.56 Å². The molecule has 3 aromatic rings. The van der Waals surface area contributed by atoms with Crippen molar-refractivity contribution in [3.63, 3.8) is 0 Å². The summed E-state index contributed by atoms with van der Waals surface area (Å²) in [6, 6.07) is 17.8. The number of hydrogen-bond acceptors (Lipinski definition) is 5. The zero-order valence-corrected chi connectivity index (χ0v) is 14.3. The largest absolute Gasteiger partial charge is 0.348 e. The average molecular weight is 348 g/mol. The highest BCUT2D eigenvalue weighted by Gasteiger charge is 2.24. The SMILES string of the molecule is O=C(N[C@H]1CCN(Cc2ccccc2)C1)c1ccc(-c2nn[nH]n2)cc1. The Hall–Kier alpha value is -3.06. The Morgan fingerprint density at radius 1 is 1.15 bits per heavy atom. The van der Waals surface area contributed by atoms with Crippen LogP contribution in [0.2, 0.25) is 0 Å². The summed E-state index contributed by atoms with van der Waals surface area (Å²) in [5.41, 5.74) is 2.76. The van der Waals surface area contributed by atoms with E-state index in [2.05, 4.69) is 55.1 Å². The van der Waals surface area contributed by atoms with Crippen molar-refractivity contribution < 1.29 is 4.79 Å². The van der Waals surface area contributed by atoms with Gasteiger partial charge in [-0.15, -0.1) is 10.2 Å². The average Bonchev–Trinajstić information content (AvgIpc) is 3.35. The van der Waals surface area contributed by atoms with Crippen LogP contribution in [0, 0.1) is 0 Å². The van der Waals surface area contributed by atoms with E-state index in [4.69, 9.17) is 0 Å². The summed E-state index contributed by atoms with van der Waals surface area (Å²) in [4.78, 5) is 14.9. The topological polar surface area (TPSA) is 86.8 Å². The zero-order valence-electron chi connectivity index (χ0n) is 14.3. The lowest BCUT2D eigenvalue weighted by atomic mass is 10.1. The van der Waals surface area contributed by atoms with Gasteiger partial charge < -0.3 is 5.32 Å². The summed E-state index contributed by atoms with van der Waals surface area (Å²) >= 11 is 0. The van der Waals surface area contributed by atoms with E-state index in [9.17, 15) is 4.79 Å². The lowest BCUT2D eigenvalue weighted by Gasteiger charge is -2.17. The van der Waals surface area contributed by atoms with Gasteiger partial charge in [-0.1, -0.05) is 42.5 Å². The molecule has 132 valence electrons. The van der Waals surface area contributed by atoms with E-state index < -0.39 is 0 Å². The number of carbonyl (C=O) groups excluding carboxylic acids is 1. The number of aromatic nitrogens is 4. The second kappa shape index (κ2) is 7.45. The van der Waals surface area contributed by atoms with Gasteiger partial charge in [0.25, 0.3) is 5.91 Å². The molecule has 1 aliphatic heterocycles. The molecule has 26 heavy (non-hydrogen) atoms. The molecule has 1 fully saturated rings. The third kappa shape index (κ3) is 3.78. The minimum atomic E-state index is -0.0452. The molecule has 1 atom stereocenters. The number of H-pyrrole nitrogens is 1. The fourth-order valence-electron chi connectivity index (χ4n) is 3.26. The molecular weight excluding hydrogens is 328 g/mol. The Labute approximate surface area is 151 Å². The van der Waals surface area contributed by atoms with Crippen LogP contribution >= 0.6 is 0 Å². The second-order valence-electron chi connectivity index (χ2n) is 6.49. The van der Waals surface area contributed by atoms with Gasteiger partial charge in [0.05, 0.1) is 0 Å². The van der Waals surface area contributed by atoms with Gasteiger partial charge in [-0.25, -0.2) is 0 Å². The number of hydrogen-bond donors (Lipinski definition) is 2. The van der Waals surface area contributed by atoms with Crippen LogP contribution < -0.4 is 5.32 Å². The Morgan fingerprint density at radius 3 is 2.69 bits per heavy atom. The van der Waals surface area contributed by atoms with E-state index in [0.29, 0.717) is 11.4 Å². The molecule has 1 amide bonds. The van der Waals surface area contributed by atoms with Crippen LogP contribution in [-0.4, -0.2) is 50.6 Å². The fourth-order valence-corrected chi connectivity index (χ4v) is 3.26. The van der Waals surface area contributed by atoms with E-state index >= 15 is 0 Å². The van der Waals surface area contributed by atoms with Crippen molar-refractivity contribution in [3.8, 4) is 11.4 Å². The second-order valence-corrected chi connectivity index (χ2v) is 6.49. The number of amides is 1. The van der Waals surface area contributed by atoms with Gasteiger partial charge in [0.2, 0.25) is 5.82 Å². The quantitative estimate of drug-likeness (QED) is 0.735. The molecule has 1 saturated heterocycles. The Kier molecular flexibility index (Phi) is 4.70. The number of carbonyl (C=O) groups is 1. The number of tetrazole rings is 1. The van der Waals surface area contributed by atoms with Crippen LogP contribution in [-0.2, 0) is 6.54 Å². The number of likely N-dealkylation sites (tertiary alicyclic amines) is 1. The number of rotatable bonds is 5. The molecule has 2 heterocycles. The summed E-state index contributed by atoms with van der Waals surface area (Å²) < 4.78 is 0. The first kappa shape index (κ1) is 16.4. The molecule has 0 unspecified atom stereocenters. The Bertz CT molecular complexity index is 848. The van der Waals surface area contributed by atoms with E-state index in [1.807, 2.05) is 18.2 Å². The lowest BCUT2D eigenvalue weighted by Crippen LogP contribution is -2.36. The van der Waals surface area contributed by atoms with Crippen LogP contribution in [0.4, 0.5) is 0 Å².